The molecule has 2 N–H and O–H groups in total. The van der Waals surface area contributed by atoms with E-state index in [0.717, 1.165) is 24.9 Å². The van der Waals surface area contributed by atoms with Crippen LogP contribution >= 0.6 is 12.4 Å². The minimum Gasteiger partial charge on any atom is -0.353 e. The second kappa shape index (κ2) is 7.28. The average molecular weight is 311 g/mol. The molecule has 21 heavy (non-hydrogen) atoms. The molecule has 1 aliphatic heterocycles. The van der Waals surface area contributed by atoms with Crippen LogP contribution in [0.2, 0.25) is 0 Å². The fourth-order valence-electron chi connectivity index (χ4n) is 3.03. The molecule has 2 atom stereocenters. The molecule has 2 rings (SSSR count). The Morgan fingerprint density at radius 2 is 2.00 bits per heavy atom. The molecule has 1 aromatic carbocycles. The van der Waals surface area contributed by atoms with E-state index in [0.29, 0.717) is 12.1 Å². The smallest absolute Gasteiger partial charge is 0.230 e. The molecule has 1 fully saturated rings. The summed E-state index contributed by atoms with van der Waals surface area (Å²) in [6.45, 7) is 9.24. The van der Waals surface area contributed by atoms with Gasteiger partial charge in [0.15, 0.2) is 0 Å². The normalized spacial score (nSPS) is 22.3. The first-order chi connectivity index (χ1) is 9.41. The Kier molecular flexibility index (Phi) is 6.24. The Hall–Kier alpha value is -1.06. The molecule has 0 saturated carbocycles. The van der Waals surface area contributed by atoms with Crippen LogP contribution in [0.3, 0.4) is 0 Å². The number of amides is 1. The van der Waals surface area contributed by atoms with Crippen molar-refractivity contribution < 1.29 is 4.79 Å². The molecule has 1 aliphatic rings. The standard InChI is InChI=1S/C17H26N2O.ClH/c1-12-7-5-6-8-15(12)17(3,4)16(20)19-14-9-10-18-13(2)11-14;/h5-8,13-14,18H,9-11H2,1-4H3,(H,19,20);1H. The molecule has 1 aromatic rings. The first-order valence-corrected chi connectivity index (χ1v) is 7.51. The number of benzene rings is 1. The van der Waals surface area contributed by atoms with Crippen LogP contribution in [0.4, 0.5) is 0 Å². The lowest BCUT2D eigenvalue weighted by molar-refractivity contribution is -0.126. The van der Waals surface area contributed by atoms with Crippen LogP contribution in [0.25, 0.3) is 0 Å². The maximum atomic E-state index is 12.7. The maximum Gasteiger partial charge on any atom is 0.230 e. The fourth-order valence-corrected chi connectivity index (χ4v) is 3.03. The Morgan fingerprint density at radius 3 is 2.62 bits per heavy atom. The van der Waals surface area contributed by atoms with Crippen molar-refractivity contribution >= 4 is 18.3 Å². The molecule has 2 unspecified atom stereocenters. The summed E-state index contributed by atoms with van der Waals surface area (Å²) in [5, 5.41) is 6.65. The number of nitrogens with one attached hydrogen (secondary N) is 2. The van der Waals surface area contributed by atoms with Gasteiger partial charge in [0.25, 0.3) is 0 Å². The van der Waals surface area contributed by atoms with E-state index in [4.69, 9.17) is 0 Å². The maximum absolute atomic E-state index is 12.7. The quantitative estimate of drug-likeness (QED) is 0.901. The van der Waals surface area contributed by atoms with Crippen molar-refractivity contribution in [1.82, 2.24) is 10.6 Å². The third-order valence-corrected chi connectivity index (χ3v) is 4.34. The molecule has 1 heterocycles. The third-order valence-electron chi connectivity index (χ3n) is 4.34. The summed E-state index contributed by atoms with van der Waals surface area (Å²) in [7, 11) is 0. The third kappa shape index (κ3) is 4.21. The molecule has 4 heteroatoms. The summed E-state index contributed by atoms with van der Waals surface area (Å²) in [4.78, 5) is 12.7. The molecule has 0 aromatic heterocycles. The van der Waals surface area contributed by atoms with Gasteiger partial charge in [0.2, 0.25) is 5.91 Å². The first-order valence-electron chi connectivity index (χ1n) is 7.51. The van der Waals surface area contributed by atoms with Crippen LogP contribution in [0.1, 0.15) is 44.7 Å². The number of carbonyl (C=O) groups is 1. The molecule has 0 bridgehead atoms. The number of rotatable bonds is 3. The molecule has 118 valence electrons. The summed E-state index contributed by atoms with van der Waals surface area (Å²) in [5.74, 6) is 0.130. The fraction of sp³-hybridized carbons (Fsp3) is 0.588. The van der Waals surface area contributed by atoms with Crippen LogP contribution in [-0.4, -0.2) is 24.5 Å². The highest BCUT2D eigenvalue weighted by Gasteiger charge is 2.33. The van der Waals surface area contributed by atoms with Crippen LogP contribution < -0.4 is 10.6 Å². The monoisotopic (exact) mass is 310 g/mol. The lowest BCUT2D eigenvalue weighted by atomic mass is 9.80. The van der Waals surface area contributed by atoms with Gasteiger partial charge in [-0.25, -0.2) is 0 Å². The van der Waals surface area contributed by atoms with E-state index in [1.807, 2.05) is 26.0 Å². The predicted octanol–water partition coefficient (Wildman–Crippen LogP) is 2.95. The van der Waals surface area contributed by atoms with E-state index < -0.39 is 5.41 Å². The van der Waals surface area contributed by atoms with Crippen molar-refractivity contribution in [3.8, 4) is 0 Å². The molecule has 3 nitrogen and oxygen atoms in total. The van der Waals surface area contributed by atoms with Crippen LogP contribution in [0.5, 0.6) is 0 Å². The zero-order chi connectivity index (χ0) is 14.8. The van der Waals surface area contributed by atoms with Crippen molar-refractivity contribution in [1.29, 1.82) is 0 Å². The van der Waals surface area contributed by atoms with E-state index in [-0.39, 0.29) is 18.3 Å². The first kappa shape index (κ1) is 18.0. The van der Waals surface area contributed by atoms with E-state index in [2.05, 4.69) is 36.6 Å². The van der Waals surface area contributed by atoms with E-state index in [9.17, 15) is 4.79 Å². The van der Waals surface area contributed by atoms with Gasteiger partial charge in [0.1, 0.15) is 0 Å². The molecule has 1 amide bonds. The largest absolute Gasteiger partial charge is 0.353 e. The van der Waals surface area contributed by atoms with E-state index in [1.54, 1.807) is 0 Å². The number of halogens is 1. The number of hydrogen-bond donors (Lipinski definition) is 2. The predicted molar refractivity (Wildman–Crippen MR) is 90.1 cm³/mol. The summed E-state index contributed by atoms with van der Waals surface area (Å²) in [6, 6.07) is 8.92. The van der Waals surface area contributed by atoms with Crippen molar-refractivity contribution in [2.45, 2.75) is 58.0 Å². The number of aryl methyl sites for hydroxylation is 1. The Balaban J connectivity index is 0.00000220. The van der Waals surface area contributed by atoms with Crippen molar-refractivity contribution in [3.63, 3.8) is 0 Å². The zero-order valence-corrected chi connectivity index (χ0v) is 14.2. The van der Waals surface area contributed by atoms with E-state index >= 15 is 0 Å². The van der Waals surface area contributed by atoms with E-state index in [1.165, 1.54) is 5.56 Å². The summed E-state index contributed by atoms with van der Waals surface area (Å²) < 4.78 is 0. The van der Waals surface area contributed by atoms with Gasteiger partial charge in [-0.3, -0.25) is 4.79 Å². The van der Waals surface area contributed by atoms with Crippen LogP contribution in [0.15, 0.2) is 24.3 Å². The molecular formula is C17H27ClN2O. The topological polar surface area (TPSA) is 41.1 Å². The van der Waals surface area contributed by atoms with Crippen molar-refractivity contribution in [2.24, 2.45) is 0 Å². The van der Waals surface area contributed by atoms with Crippen molar-refractivity contribution in [3.05, 3.63) is 35.4 Å². The number of carbonyl (C=O) groups excluding carboxylic acids is 1. The van der Waals surface area contributed by atoms with Gasteiger partial charge in [0, 0.05) is 12.1 Å². The molecule has 0 radical (unpaired) electrons. The Morgan fingerprint density at radius 1 is 1.33 bits per heavy atom. The summed E-state index contributed by atoms with van der Waals surface area (Å²) in [5.41, 5.74) is 1.80. The highest BCUT2D eigenvalue weighted by molar-refractivity contribution is 5.88. The lowest BCUT2D eigenvalue weighted by Gasteiger charge is -2.33. The average Bonchev–Trinajstić information content (AvgIpc) is 2.39. The number of hydrogen-bond acceptors (Lipinski definition) is 2. The van der Waals surface area contributed by atoms with Gasteiger partial charge in [-0.05, 0) is 58.2 Å². The Bertz CT molecular complexity index is 487. The van der Waals surface area contributed by atoms with Crippen LogP contribution in [-0.2, 0) is 10.2 Å². The van der Waals surface area contributed by atoms with Crippen LogP contribution in [0, 0.1) is 6.92 Å². The molecule has 1 saturated heterocycles. The van der Waals surface area contributed by atoms with Gasteiger partial charge in [-0.15, -0.1) is 12.4 Å². The molecule has 0 spiro atoms. The van der Waals surface area contributed by atoms with Crippen molar-refractivity contribution in [2.75, 3.05) is 6.54 Å². The summed E-state index contributed by atoms with van der Waals surface area (Å²) in [6.07, 6.45) is 2.02. The number of piperidine rings is 1. The summed E-state index contributed by atoms with van der Waals surface area (Å²) >= 11 is 0. The molecular weight excluding hydrogens is 284 g/mol. The highest BCUT2D eigenvalue weighted by atomic mass is 35.5. The minimum absolute atomic E-state index is 0. The molecule has 0 aliphatic carbocycles. The van der Waals surface area contributed by atoms with Gasteiger partial charge in [-0.2, -0.15) is 0 Å². The Labute approximate surface area is 134 Å². The zero-order valence-electron chi connectivity index (χ0n) is 13.4. The highest BCUT2D eigenvalue weighted by Crippen LogP contribution is 2.27. The second-order valence-electron chi connectivity index (χ2n) is 6.49. The van der Waals surface area contributed by atoms with Gasteiger partial charge < -0.3 is 10.6 Å². The van der Waals surface area contributed by atoms with Gasteiger partial charge >= 0.3 is 0 Å². The SMILES string of the molecule is Cc1ccccc1C(C)(C)C(=O)NC1CCNC(C)C1.Cl. The lowest BCUT2D eigenvalue weighted by Crippen LogP contribution is -2.51. The minimum atomic E-state index is -0.487. The van der Waals surface area contributed by atoms with Gasteiger partial charge in [-0.1, -0.05) is 24.3 Å². The van der Waals surface area contributed by atoms with Gasteiger partial charge in [0.05, 0.1) is 5.41 Å². The second-order valence-corrected chi connectivity index (χ2v) is 6.49.